The first-order chi connectivity index (χ1) is 15.8. The Morgan fingerprint density at radius 2 is 1.70 bits per heavy atom. The molecule has 0 aliphatic rings. The predicted molar refractivity (Wildman–Crippen MR) is 124 cm³/mol. The molecule has 10 heteroatoms. The Morgan fingerprint density at radius 3 is 2.36 bits per heavy atom. The summed E-state index contributed by atoms with van der Waals surface area (Å²) in [6.45, 7) is -0.254. The third kappa shape index (κ3) is 7.74. The quantitative estimate of drug-likeness (QED) is 0.430. The van der Waals surface area contributed by atoms with E-state index in [4.69, 9.17) is 16.0 Å². The number of carbonyl (C=O) groups excluding carboxylic acids is 2. The first-order valence-electron chi connectivity index (χ1n) is 10.2. The van der Waals surface area contributed by atoms with Crippen LogP contribution in [0.3, 0.4) is 0 Å². The Morgan fingerprint density at radius 1 is 0.970 bits per heavy atom. The van der Waals surface area contributed by atoms with Gasteiger partial charge in [0.25, 0.3) is 0 Å². The minimum absolute atomic E-state index is 0.00766. The van der Waals surface area contributed by atoms with Gasteiger partial charge in [-0.1, -0.05) is 41.9 Å². The number of sulfonamides is 1. The van der Waals surface area contributed by atoms with Crippen LogP contribution in [0.4, 0.5) is 0 Å². The minimum Gasteiger partial charge on any atom is -0.467 e. The summed E-state index contributed by atoms with van der Waals surface area (Å²) >= 11 is 5.80. The fourth-order valence-corrected chi connectivity index (χ4v) is 4.09. The number of rotatable bonds is 11. The van der Waals surface area contributed by atoms with Gasteiger partial charge < -0.3 is 14.6 Å². The predicted octanol–water partition coefficient (Wildman–Crippen LogP) is 2.60. The third-order valence-electron chi connectivity index (χ3n) is 4.78. The second kappa shape index (κ2) is 11.6. The van der Waals surface area contributed by atoms with Crippen LogP contribution in [0.2, 0.25) is 5.02 Å². The molecule has 33 heavy (non-hydrogen) atoms. The van der Waals surface area contributed by atoms with E-state index in [1.54, 1.807) is 12.1 Å². The second-order valence-corrected chi connectivity index (χ2v) is 9.39. The molecule has 1 heterocycles. The number of amides is 2. The van der Waals surface area contributed by atoms with Crippen LogP contribution in [0.5, 0.6) is 0 Å². The molecule has 0 spiro atoms. The van der Waals surface area contributed by atoms with Crippen LogP contribution in [0, 0.1) is 0 Å². The topological polar surface area (TPSA) is 109 Å². The Hall–Kier alpha value is -3.14. The average Bonchev–Trinajstić information content (AvgIpc) is 3.33. The van der Waals surface area contributed by atoms with Gasteiger partial charge in [0.2, 0.25) is 21.8 Å². The number of furan rings is 1. The molecule has 0 aliphatic heterocycles. The number of hydrogen-bond acceptors (Lipinski definition) is 5. The molecule has 0 aliphatic carbocycles. The van der Waals surface area contributed by atoms with E-state index in [1.165, 1.54) is 35.4 Å². The van der Waals surface area contributed by atoms with Gasteiger partial charge in [0, 0.05) is 11.6 Å². The van der Waals surface area contributed by atoms with Crippen molar-refractivity contribution in [2.24, 2.45) is 0 Å². The highest BCUT2D eigenvalue weighted by molar-refractivity contribution is 7.89. The van der Waals surface area contributed by atoms with Gasteiger partial charge in [0.15, 0.2) is 0 Å². The molecule has 1 aromatic heterocycles. The van der Waals surface area contributed by atoms with Crippen molar-refractivity contribution in [1.82, 2.24) is 14.9 Å². The Balaban J connectivity index is 1.62. The summed E-state index contributed by atoms with van der Waals surface area (Å²) in [4.78, 5) is 26.6. The van der Waals surface area contributed by atoms with Gasteiger partial charge in [-0.15, -0.1) is 0 Å². The monoisotopic (exact) mass is 489 g/mol. The molecule has 3 aromatic rings. The van der Waals surface area contributed by atoms with Gasteiger partial charge in [-0.05, 0) is 48.4 Å². The number of benzene rings is 2. The summed E-state index contributed by atoms with van der Waals surface area (Å²) in [7, 11) is -3.91. The summed E-state index contributed by atoms with van der Waals surface area (Å²) < 4.78 is 32.5. The van der Waals surface area contributed by atoms with Crippen LogP contribution in [0.25, 0.3) is 0 Å². The molecular weight excluding hydrogens is 466 g/mol. The van der Waals surface area contributed by atoms with Crippen LogP contribution < -0.4 is 10.0 Å². The molecule has 2 N–H and O–H groups in total. The van der Waals surface area contributed by atoms with Gasteiger partial charge in [-0.3, -0.25) is 9.59 Å². The standard InChI is InChI=1S/C23H24ClN3O5S/c24-19-8-10-21(11-9-19)33(30,31)26-16-23(29)27(13-12-18-5-2-1-3-6-18)17-22(28)25-15-20-7-4-14-32-20/h1-11,14,26H,12-13,15-17H2,(H,25,28). The zero-order valence-corrected chi connectivity index (χ0v) is 19.3. The van der Waals surface area contributed by atoms with Crippen molar-refractivity contribution in [1.29, 1.82) is 0 Å². The maximum absolute atomic E-state index is 12.8. The van der Waals surface area contributed by atoms with Crippen molar-refractivity contribution >= 4 is 33.4 Å². The lowest BCUT2D eigenvalue weighted by atomic mass is 10.1. The summed E-state index contributed by atoms with van der Waals surface area (Å²) in [5.74, 6) is -0.314. The zero-order chi connectivity index (χ0) is 23.7. The molecule has 174 valence electrons. The number of halogens is 1. The normalized spacial score (nSPS) is 11.2. The highest BCUT2D eigenvalue weighted by atomic mass is 35.5. The molecule has 0 saturated carbocycles. The first kappa shape index (κ1) is 24.5. The maximum Gasteiger partial charge on any atom is 0.241 e. The average molecular weight is 490 g/mol. The van der Waals surface area contributed by atoms with E-state index in [9.17, 15) is 18.0 Å². The lowest BCUT2D eigenvalue weighted by molar-refractivity contribution is -0.135. The van der Waals surface area contributed by atoms with Gasteiger partial charge in [0.05, 0.1) is 30.8 Å². The molecule has 0 unspecified atom stereocenters. The van der Waals surface area contributed by atoms with Crippen molar-refractivity contribution in [3.63, 3.8) is 0 Å². The van der Waals surface area contributed by atoms with E-state index in [0.717, 1.165) is 5.56 Å². The summed E-state index contributed by atoms with van der Waals surface area (Å²) in [6.07, 6.45) is 2.02. The third-order valence-corrected chi connectivity index (χ3v) is 6.45. The summed E-state index contributed by atoms with van der Waals surface area (Å²) in [5.41, 5.74) is 0.994. The molecule has 0 radical (unpaired) electrons. The second-order valence-electron chi connectivity index (χ2n) is 7.19. The van der Waals surface area contributed by atoms with E-state index in [2.05, 4.69) is 10.0 Å². The molecule has 2 amide bonds. The lowest BCUT2D eigenvalue weighted by Gasteiger charge is -2.22. The van der Waals surface area contributed by atoms with Crippen LogP contribution in [-0.2, 0) is 32.6 Å². The summed E-state index contributed by atoms with van der Waals surface area (Å²) in [6, 6.07) is 18.5. The lowest BCUT2D eigenvalue weighted by Crippen LogP contribution is -2.45. The minimum atomic E-state index is -3.91. The number of carbonyl (C=O) groups is 2. The van der Waals surface area contributed by atoms with E-state index in [1.807, 2.05) is 30.3 Å². The van der Waals surface area contributed by atoms with E-state index >= 15 is 0 Å². The molecule has 8 nitrogen and oxygen atoms in total. The fourth-order valence-electron chi connectivity index (χ4n) is 2.99. The Kier molecular flexibility index (Phi) is 8.65. The van der Waals surface area contributed by atoms with Gasteiger partial charge >= 0.3 is 0 Å². The highest BCUT2D eigenvalue weighted by Crippen LogP contribution is 2.13. The van der Waals surface area contributed by atoms with Crippen molar-refractivity contribution in [2.45, 2.75) is 17.9 Å². The SMILES string of the molecule is O=C(CN(CCc1ccccc1)C(=O)CNS(=O)(=O)c1ccc(Cl)cc1)NCc1ccco1. The Bertz CT molecular complexity index is 1150. The van der Waals surface area contributed by atoms with Crippen molar-refractivity contribution in [2.75, 3.05) is 19.6 Å². The van der Waals surface area contributed by atoms with Gasteiger partial charge in [-0.25, -0.2) is 13.1 Å². The molecule has 3 rings (SSSR count). The van der Waals surface area contributed by atoms with Gasteiger partial charge in [0.1, 0.15) is 5.76 Å². The largest absolute Gasteiger partial charge is 0.467 e. The van der Waals surface area contributed by atoms with Crippen molar-refractivity contribution in [3.8, 4) is 0 Å². The molecule has 0 bridgehead atoms. The van der Waals surface area contributed by atoms with Gasteiger partial charge in [-0.2, -0.15) is 0 Å². The zero-order valence-electron chi connectivity index (χ0n) is 17.7. The van der Waals surface area contributed by atoms with Crippen molar-refractivity contribution < 1.29 is 22.4 Å². The smallest absolute Gasteiger partial charge is 0.241 e. The molecule has 0 atom stereocenters. The van der Waals surface area contributed by atoms with E-state index in [-0.39, 0.29) is 30.4 Å². The molecule has 0 fully saturated rings. The molecular formula is C23H24ClN3O5S. The van der Waals surface area contributed by atoms with Crippen LogP contribution in [0.1, 0.15) is 11.3 Å². The fraction of sp³-hybridized carbons (Fsp3) is 0.217. The number of nitrogens with zero attached hydrogens (tertiary/aromatic N) is 1. The molecule has 0 saturated heterocycles. The molecule has 2 aromatic carbocycles. The first-order valence-corrected chi connectivity index (χ1v) is 12.1. The Labute approximate surface area is 197 Å². The van der Waals surface area contributed by atoms with E-state index < -0.39 is 22.5 Å². The van der Waals surface area contributed by atoms with Crippen molar-refractivity contribution in [3.05, 3.63) is 89.3 Å². The highest BCUT2D eigenvalue weighted by Gasteiger charge is 2.21. The number of hydrogen-bond donors (Lipinski definition) is 2. The van der Waals surface area contributed by atoms with E-state index in [0.29, 0.717) is 17.2 Å². The number of nitrogens with one attached hydrogen (secondary N) is 2. The van der Waals surface area contributed by atoms with Crippen LogP contribution in [-0.4, -0.2) is 44.8 Å². The maximum atomic E-state index is 12.8. The van der Waals surface area contributed by atoms with Crippen LogP contribution in [0.15, 0.2) is 82.3 Å². The van der Waals surface area contributed by atoms with Crippen LogP contribution >= 0.6 is 11.6 Å². The summed E-state index contributed by atoms with van der Waals surface area (Å²) in [5, 5.41) is 3.09.